The first-order valence-electron chi connectivity index (χ1n) is 8.60. The zero-order valence-electron chi connectivity index (χ0n) is 14.1. The third-order valence-electron chi connectivity index (χ3n) is 3.92. The molecule has 128 valence electrons. The second kappa shape index (κ2) is 10.9. The molecule has 23 heavy (non-hydrogen) atoms. The van der Waals surface area contributed by atoms with Crippen molar-refractivity contribution in [2.75, 3.05) is 33.4 Å². The topological polar surface area (TPSA) is 54.9 Å². The van der Waals surface area contributed by atoms with Gasteiger partial charge in [0.2, 0.25) is 0 Å². The van der Waals surface area contributed by atoms with E-state index < -0.39 is 0 Å². The van der Waals surface area contributed by atoms with Crippen molar-refractivity contribution in [1.82, 2.24) is 10.6 Å². The zero-order chi connectivity index (χ0) is 16.2. The Hall–Kier alpha value is -1.75. The Morgan fingerprint density at radius 2 is 1.91 bits per heavy atom. The fourth-order valence-electron chi connectivity index (χ4n) is 2.70. The fraction of sp³-hybridized carbons (Fsp3) is 0.611. The molecule has 0 heterocycles. The number of aliphatic imine (C=N–C) groups is 1. The predicted octanol–water partition coefficient (Wildman–Crippen LogP) is 2.58. The molecule has 1 saturated carbocycles. The van der Waals surface area contributed by atoms with Gasteiger partial charge in [0.15, 0.2) is 5.96 Å². The zero-order valence-corrected chi connectivity index (χ0v) is 14.1. The SMILES string of the molecule is COCCN=C(NCCOc1ccccc1)NC1CCCCC1. The molecular formula is C18H29N3O2. The minimum Gasteiger partial charge on any atom is -0.492 e. The summed E-state index contributed by atoms with van der Waals surface area (Å²) in [6.45, 7) is 2.64. The second-order valence-corrected chi connectivity index (χ2v) is 5.79. The summed E-state index contributed by atoms with van der Waals surface area (Å²) >= 11 is 0. The van der Waals surface area contributed by atoms with E-state index in [1.54, 1.807) is 7.11 Å². The molecular weight excluding hydrogens is 290 g/mol. The van der Waals surface area contributed by atoms with Crippen LogP contribution in [0.1, 0.15) is 32.1 Å². The molecule has 0 bridgehead atoms. The number of methoxy groups -OCH3 is 1. The summed E-state index contributed by atoms with van der Waals surface area (Å²) in [6.07, 6.45) is 6.42. The fourth-order valence-corrected chi connectivity index (χ4v) is 2.70. The molecule has 0 spiro atoms. The van der Waals surface area contributed by atoms with Crippen LogP contribution in [0.2, 0.25) is 0 Å². The van der Waals surface area contributed by atoms with Crippen molar-refractivity contribution in [3.8, 4) is 5.75 Å². The minimum atomic E-state index is 0.535. The molecule has 0 saturated heterocycles. The van der Waals surface area contributed by atoms with Gasteiger partial charge >= 0.3 is 0 Å². The maximum atomic E-state index is 5.70. The van der Waals surface area contributed by atoms with Gasteiger partial charge in [-0.1, -0.05) is 37.5 Å². The Morgan fingerprint density at radius 3 is 2.65 bits per heavy atom. The van der Waals surface area contributed by atoms with Crippen LogP contribution in [0.3, 0.4) is 0 Å². The van der Waals surface area contributed by atoms with Crippen LogP contribution in [-0.4, -0.2) is 45.4 Å². The van der Waals surface area contributed by atoms with E-state index >= 15 is 0 Å². The third-order valence-corrected chi connectivity index (χ3v) is 3.92. The molecule has 1 aliphatic rings. The summed E-state index contributed by atoms with van der Waals surface area (Å²) in [4.78, 5) is 4.57. The normalized spacial score (nSPS) is 16.1. The van der Waals surface area contributed by atoms with Crippen LogP contribution in [0, 0.1) is 0 Å². The Balaban J connectivity index is 1.73. The number of hydrogen-bond acceptors (Lipinski definition) is 3. The first-order valence-corrected chi connectivity index (χ1v) is 8.60. The molecule has 1 aromatic carbocycles. The standard InChI is InChI=1S/C18H29N3O2/c1-22-14-12-19-18(21-16-8-4-2-5-9-16)20-13-15-23-17-10-6-3-7-11-17/h3,6-7,10-11,16H,2,4-5,8-9,12-15H2,1H3,(H2,19,20,21). The van der Waals surface area contributed by atoms with Gasteiger partial charge in [-0.2, -0.15) is 0 Å². The molecule has 0 amide bonds. The average Bonchev–Trinajstić information content (AvgIpc) is 2.60. The summed E-state index contributed by atoms with van der Waals surface area (Å²) in [5.74, 6) is 1.76. The molecule has 0 aromatic heterocycles. The highest BCUT2D eigenvalue weighted by molar-refractivity contribution is 5.80. The first-order chi connectivity index (χ1) is 11.4. The molecule has 0 unspecified atom stereocenters. The molecule has 5 nitrogen and oxygen atoms in total. The summed E-state index contributed by atoms with van der Waals surface area (Å²) in [6, 6.07) is 10.4. The van der Waals surface area contributed by atoms with E-state index in [2.05, 4.69) is 15.6 Å². The van der Waals surface area contributed by atoms with Gasteiger partial charge in [-0.25, -0.2) is 0 Å². The number of rotatable bonds is 8. The maximum Gasteiger partial charge on any atom is 0.191 e. The summed E-state index contributed by atoms with van der Waals surface area (Å²) < 4.78 is 10.8. The van der Waals surface area contributed by atoms with Crippen molar-refractivity contribution in [2.24, 2.45) is 4.99 Å². The number of para-hydroxylation sites is 1. The number of benzene rings is 1. The van der Waals surface area contributed by atoms with Gasteiger partial charge in [-0.15, -0.1) is 0 Å². The van der Waals surface area contributed by atoms with E-state index in [1.165, 1.54) is 32.1 Å². The highest BCUT2D eigenvalue weighted by Crippen LogP contribution is 2.17. The molecule has 2 N–H and O–H groups in total. The lowest BCUT2D eigenvalue weighted by Gasteiger charge is -2.25. The molecule has 1 fully saturated rings. The van der Waals surface area contributed by atoms with Crippen LogP contribution in [0.25, 0.3) is 0 Å². The van der Waals surface area contributed by atoms with E-state index in [1.807, 2.05) is 30.3 Å². The minimum absolute atomic E-state index is 0.535. The van der Waals surface area contributed by atoms with E-state index in [0.717, 1.165) is 18.3 Å². The molecule has 0 atom stereocenters. The smallest absolute Gasteiger partial charge is 0.191 e. The number of ether oxygens (including phenoxy) is 2. The monoisotopic (exact) mass is 319 g/mol. The van der Waals surface area contributed by atoms with E-state index in [0.29, 0.717) is 25.8 Å². The highest BCUT2D eigenvalue weighted by atomic mass is 16.5. The van der Waals surface area contributed by atoms with Gasteiger partial charge in [-0.05, 0) is 25.0 Å². The molecule has 1 aromatic rings. The molecule has 1 aliphatic carbocycles. The van der Waals surface area contributed by atoms with Crippen LogP contribution in [0.5, 0.6) is 5.75 Å². The summed E-state index contributed by atoms with van der Waals surface area (Å²) in [5.41, 5.74) is 0. The van der Waals surface area contributed by atoms with Crippen LogP contribution >= 0.6 is 0 Å². The number of hydrogen-bond donors (Lipinski definition) is 2. The second-order valence-electron chi connectivity index (χ2n) is 5.79. The van der Waals surface area contributed by atoms with Gasteiger partial charge < -0.3 is 20.1 Å². The maximum absolute atomic E-state index is 5.70. The van der Waals surface area contributed by atoms with Crippen LogP contribution in [0.15, 0.2) is 35.3 Å². The summed E-state index contributed by atoms with van der Waals surface area (Å²) in [7, 11) is 1.70. The Labute approximate surface area is 139 Å². The van der Waals surface area contributed by atoms with Crippen LogP contribution < -0.4 is 15.4 Å². The number of guanidine groups is 1. The Bertz CT molecular complexity index is 445. The van der Waals surface area contributed by atoms with Crippen molar-refractivity contribution < 1.29 is 9.47 Å². The van der Waals surface area contributed by atoms with E-state index in [-0.39, 0.29) is 0 Å². The Morgan fingerprint density at radius 1 is 1.13 bits per heavy atom. The van der Waals surface area contributed by atoms with Crippen molar-refractivity contribution in [2.45, 2.75) is 38.1 Å². The van der Waals surface area contributed by atoms with E-state index in [4.69, 9.17) is 9.47 Å². The number of nitrogens with zero attached hydrogens (tertiary/aromatic N) is 1. The van der Waals surface area contributed by atoms with Crippen molar-refractivity contribution in [3.05, 3.63) is 30.3 Å². The number of nitrogens with one attached hydrogen (secondary N) is 2. The molecule has 5 heteroatoms. The lowest BCUT2D eigenvalue weighted by atomic mass is 9.96. The van der Waals surface area contributed by atoms with Gasteiger partial charge in [0, 0.05) is 13.2 Å². The van der Waals surface area contributed by atoms with Crippen molar-refractivity contribution in [1.29, 1.82) is 0 Å². The third kappa shape index (κ3) is 7.37. The largest absolute Gasteiger partial charge is 0.492 e. The van der Waals surface area contributed by atoms with Crippen LogP contribution in [0.4, 0.5) is 0 Å². The quantitative estimate of drug-likeness (QED) is 0.439. The van der Waals surface area contributed by atoms with Crippen LogP contribution in [-0.2, 0) is 4.74 Å². The lowest BCUT2D eigenvalue weighted by molar-refractivity contribution is 0.207. The van der Waals surface area contributed by atoms with Crippen molar-refractivity contribution in [3.63, 3.8) is 0 Å². The average molecular weight is 319 g/mol. The van der Waals surface area contributed by atoms with Gasteiger partial charge in [0.1, 0.15) is 12.4 Å². The van der Waals surface area contributed by atoms with Gasteiger partial charge in [-0.3, -0.25) is 4.99 Å². The van der Waals surface area contributed by atoms with Crippen molar-refractivity contribution >= 4 is 5.96 Å². The first kappa shape index (κ1) is 17.6. The van der Waals surface area contributed by atoms with Gasteiger partial charge in [0.05, 0.1) is 19.7 Å². The Kier molecular flexibility index (Phi) is 8.33. The molecule has 0 radical (unpaired) electrons. The predicted molar refractivity (Wildman–Crippen MR) is 94.1 cm³/mol. The molecule has 2 rings (SSSR count). The summed E-state index contributed by atoms with van der Waals surface area (Å²) in [5, 5.41) is 6.90. The van der Waals surface area contributed by atoms with Gasteiger partial charge in [0.25, 0.3) is 0 Å². The molecule has 0 aliphatic heterocycles. The lowest BCUT2D eigenvalue weighted by Crippen LogP contribution is -2.45. The highest BCUT2D eigenvalue weighted by Gasteiger charge is 2.14. The van der Waals surface area contributed by atoms with E-state index in [9.17, 15) is 0 Å².